The average Bonchev–Trinajstić information content (AvgIpc) is 2.97. The first-order valence-corrected chi connectivity index (χ1v) is 5.41. The van der Waals surface area contributed by atoms with Crippen molar-refractivity contribution in [1.82, 2.24) is 10.1 Å². The van der Waals surface area contributed by atoms with Gasteiger partial charge in [0.05, 0.1) is 24.5 Å². The summed E-state index contributed by atoms with van der Waals surface area (Å²) in [4.78, 5) is 4.24. The minimum Gasteiger partial charge on any atom is -0.469 e. The fourth-order valence-corrected chi connectivity index (χ4v) is 1.55. The third-order valence-electron chi connectivity index (χ3n) is 2.42. The minimum absolute atomic E-state index is 0.352. The van der Waals surface area contributed by atoms with Crippen LogP contribution in [0.5, 0.6) is 0 Å². The van der Waals surface area contributed by atoms with Gasteiger partial charge in [0.1, 0.15) is 5.76 Å². The van der Waals surface area contributed by atoms with Gasteiger partial charge in [0.2, 0.25) is 0 Å². The maximum absolute atomic E-state index is 5.81. The predicted octanol–water partition coefficient (Wildman–Crippen LogP) is 1.54. The van der Waals surface area contributed by atoms with E-state index in [0.29, 0.717) is 18.3 Å². The van der Waals surface area contributed by atoms with Gasteiger partial charge in [-0.3, -0.25) is 0 Å². The lowest BCUT2D eigenvalue weighted by Gasteiger charge is -2.03. The summed E-state index contributed by atoms with van der Waals surface area (Å²) in [6, 6.07) is 1.42. The average molecular weight is 237 g/mol. The number of hydrogen-bond donors (Lipinski definition) is 1. The molecule has 0 saturated heterocycles. The van der Waals surface area contributed by atoms with E-state index >= 15 is 0 Å². The van der Waals surface area contributed by atoms with Crippen LogP contribution in [0.3, 0.4) is 0 Å². The van der Waals surface area contributed by atoms with Crippen molar-refractivity contribution in [2.24, 2.45) is 5.73 Å². The molecule has 2 rings (SSSR count). The highest BCUT2D eigenvalue weighted by molar-refractivity contribution is 5.55. The van der Waals surface area contributed by atoms with E-state index in [1.54, 1.807) is 19.4 Å². The van der Waals surface area contributed by atoms with Crippen LogP contribution in [0.2, 0.25) is 0 Å². The molecule has 92 valence electrons. The Bertz CT molecular complexity index is 478. The Hall–Kier alpha value is -1.66. The third-order valence-corrected chi connectivity index (χ3v) is 2.42. The number of aryl methyl sites for hydroxylation is 1. The number of aromatic nitrogens is 2. The minimum atomic E-state index is -0.380. The fraction of sp³-hybridized carbons (Fsp3) is 0.455. The van der Waals surface area contributed by atoms with Gasteiger partial charge in [-0.1, -0.05) is 12.1 Å². The highest BCUT2D eigenvalue weighted by Crippen LogP contribution is 2.24. The van der Waals surface area contributed by atoms with Crippen LogP contribution in [-0.4, -0.2) is 23.9 Å². The Labute approximate surface area is 98.7 Å². The first-order valence-electron chi connectivity index (χ1n) is 5.41. The summed E-state index contributed by atoms with van der Waals surface area (Å²) in [5.74, 6) is 1.68. The number of methoxy groups -OCH3 is 1. The van der Waals surface area contributed by atoms with Crippen LogP contribution in [0.15, 0.2) is 21.3 Å². The molecule has 0 aliphatic heterocycles. The molecular weight excluding hydrogens is 222 g/mol. The van der Waals surface area contributed by atoms with Crippen LogP contribution in [0.25, 0.3) is 11.5 Å². The van der Waals surface area contributed by atoms with Crippen molar-refractivity contribution in [1.29, 1.82) is 0 Å². The fourth-order valence-electron chi connectivity index (χ4n) is 1.55. The number of furan rings is 1. The van der Waals surface area contributed by atoms with Gasteiger partial charge in [0.25, 0.3) is 5.89 Å². The molecule has 6 heteroatoms. The summed E-state index contributed by atoms with van der Waals surface area (Å²) in [5.41, 5.74) is 6.62. The van der Waals surface area contributed by atoms with E-state index in [1.165, 1.54) is 0 Å². The van der Waals surface area contributed by atoms with Crippen LogP contribution in [0.1, 0.15) is 24.6 Å². The Morgan fingerprint density at radius 1 is 1.53 bits per heavy atom. The van der Waals surface area contributed by atoms with Crippen LogP contribution < -0.4 is 5.73 Å². The number of nitrogens with two attached hydrogens (primary N) is 1. The first kappa shape index (κ1) is 11.8. The van der Waals surface area contributed by atoms with Crippen molar-refractivity contribution in [2.45, 2.75) is 19.4 Å². The zero-order valence-electron chi connectivity index (χ0n) is 9.84. The smallest absolute Gasteiger partial charge is 0.261 e. The maximum atomic E-state index is 5.81. The number of hydrogen-bond acceptors (Lipinski definition) is 6. The molecule has 0 aliphatic rings. The summed E-state index contributed by atoms with van der Waals surface area (Å²) >= 11 is 0. The van der Waals surface area contributed by atoms with Gasteiger partial charge in [0.15, 0.2) is 5.82 Å². The van der Waals surface area contributed by atoms with Crippen molar-refractivity contribution in [3.05, 3.63) is 23.9 Å². The Kier molecular flexibility index (Phi) is 3.55. The molecule has 2 N–H and O–H groups in total. The summed E-state index contributed by atoms with van der Waals surface area (Å²) in [5, 5.41) is 3.83. The lowest BCUT2D eigenvalue weighted by Crippen LogP contribution is -2.17. The molecule has 0 spiro atoms. The molecule has 17 heavy (non-hydrogen) atoms. The van der Waals surface area contributed by atoms with E-state index in [-0.39, 0.29) is 6.04 Å². The molecule has 2 heterocycles. The summed E-state index contributed by atoms with van der Waals surface area (Å²) in [6.07, 6.45) is 2.37. The van der Waals surface area contributed by atoms with Crippen molar-refractivity contribution in [3.63, 3.8) is 0 Å². The molecule has 0 aromatic carbocycles. The SMILES string of the molecule is CCc1occc1-c1nc(C(N)COC)no1. The third kappa shape index (κ3) is 2.37. The lowest BCUT2D eigenvalue weighted by molar-refractivity contribution is 0.177. The predicted molar refractivity (Wildman–Crippen MR) is 60.2 cm³/mol. The highest BCUT2D eigenvalue weighted by Gasteiger charge is 2.18. The molecule has 1 atom stereocenters. The van der Waals surface area contributed by atoms with Gasteiger partial charge in [-0.05, 0) is 6.07 Å². The summed E-state index contributed by atoms with van der Waals surface area (Å²) < 4.78 is 15.4. The Balaban J connectivity index is 2.23. The van der Waals surface area contributed by atoms with E-state index in [0.717, 1.165) is 17.7 Å². The van der Waals surface area contributed by atoms with E-state index in [1.807, 2.05) is 6.92 Å². The molecule has 2 aromatic rings. The van der Waals surface area contributed by atoms with Crippen LogP contribution in [0.4, 0.5) is 0 Å². The largest absolute Gasteiger partial charge is 0.469 e. The Morgan fingerprint density at radius 3 is 3.06 bits per heavy atom. The van der Waals surface area contributed by atoms with Crippen molar-refractivity contribution < 1.29 is 13.7 Å². The van der Waals surface area contributed by atoms with E-state index in [4.69, 9.17) is 19.4 Å². The quantitative estimate of drug-likeness (QED) is 0.848. The lowest BCUT2D eigenvalue weighted by atomic mass is 10.2. The van der Waals surface area contributed by atoms with Crippen LogP contribution in [-0.2, 0) is 11.2 Å². The zero-order chi connectivity index (χ0) is 12.3. The monoisotopic (exact) mass is 237 g/mol. The normalized spacial score (nSPS) is 12.9. The standard InChI is InChI=1S/C11H15N3O3/c1-3-9-7(4-5-16-9)11-13-10(14-17-11)8(12)6-15-2/h4-5,8H,3,6,12H2,1-2H3. The van der Waals surface area contributed by atoms with Crippen molar-refractivity contribution in [3.8, 4) is 11.5 Å². The molecule has 1 unspecified atom stereocenters. The summed E-state index contributed by atoms with van der Waals surface area (Å²) in [6.45, 7) is 2.35. The van der Waals surface area contributed by atoms with Crippen LogP contribution in [0, 0.1) is 0 Å². The second-order valence-corrected chi connectivity index (χ2v) is 3.63. The molecule has 0 bridgehead atoms. The number of nitrogens with zero attached hydrogens (tertiary/aromatic N) is 2. The Morgan fingerprint density at radius 2 is 2.35 bits per heavy atom. The van der Waals surface area contributed by atoms with E-state index in [9.17, 15) is 0 Å². The van der Waals surface area contributed by atoms with Crippen LogP contribution >= 0.6 is 0 Å². The van der Waals surface area contributed by atoms with Gasteiger partial charge in [-0.25, -0.2) is 0 Å². The molecule has 0 aliphatic carbocycles. The van der Waals surface area contributed by atoms with Gasteiger partial charge in [-0.15, -0.1) is 0 Å². The highest BCUT2D eigenvalue weighted by atomic mass is 16.5. The summed E-state index contributed by atoms with van der Waals surface area (Å²) in [7, 11) is 1.58. The second-order valence-electron chi connectivity index (χ2n) is 3.63. The molecule has 0 amide bonds. The molecule has 6 nitrogen and oxygen atoms in total. The van der Waals surface area contributed by atoms with E-state index < -0.39 is 0 Å². The van der Waals surface area contributed by atoms with Crippen molar-refractivity contribution in [2.75, 3.05) is 13.7 Å². The first-order chi connectivity index (χ1) is 8.26. The maximum Gasteiger partial charge on any atom is 0.261 e. The molecular formula is C11H15N3O3. The molecule has 2 aromatic heterocycles. The van der Waals surface area contributed by atoms with E-state index in [2.05, 4.69) is 10.1 Å². The van der Waals surface area contributed by atoms with Gasteiger partial charge in [0, 0.05) is 13.5 Å². The van der Waals surface area contributed by atoms with Gasteiger partial charge >= 0.3 is 0 Å². The zero-order valence-corrected chi connectivity index (χ0v) is 9.84. The van der Waals surface area contributed by atoms with Gasteiger partial charge < -0.3 is 19.4 Å². The van der Waals surface area contributed by atoms with Gasteiger partial charge in [-0.2, -0.15) is 4.98 Å². The molecule has 0 radical (unpaired) electrons. The second kappa shape index (κ2) is 5.11. The van der Waals surface area contributed by atoms with Crippen molar-refractivity contribution >= 4 is 0 Å². The topological polar surface area (TPSA) is 87.3 Å². The number of ether oxygens (including phenoxy) is 1. The number of rotatable bonds is 5. The molecule has 0 saturated carbocycles. The molecule has 0 fully saturated rings.